The first kappa shape index (κ1) is 19.0. The number of benzene rings is 1. The van der Waals surface area contributed by atoms with Crippen molar-refractivity contribution in [3.05, 3.63) is 55.8 Å². The van der Waals surface area contributed by atoms with Gasteiger partial charge in [-0.25, -0.2) is 4.79 Å². The van der Waals surface area contributed by atoms with Crippen LogP contribution in [0.5, 0.6) is 0 Å². The number of esters is 1. The Kier molecular flexibility index (Phi) is 5.55. The molecular weight excluding hydrogens is 368 g/mol. The predicted molar refractivity (Wildman–Crippen MR) is 102 cm³/mol. The van der Waals surface area contributed by atoms with E-state index in [4.69, 9.17) is 4.74 Å². The third-order valence-electron chi connectivity index (χ3n) is 4.54. The van der Waals surface area contributed by atoms with E-state index >= 15 is 0 Å². The van der Waals surface area contributed by atoms with Crippen LogP contribution in [0.25, 0.3) is 0 Å². The van der Waals surface area contributed by atoms with Crippen LogP contribution in [-0.2, 0) is 22.4 Å². The minimum atomic E-state index is -1.07. The highest BCUT2D eigenvalue weighted by Gasteiger charge is 2.25. The summed E-state index contributed by atoms with van der Waals surface area (Å²) in [7, 11) is 0. The highest BCUT2D eigenvalue weighted by Crippen LogP contribution is 2.32. The zero-order valence-electron chi connectivity index (χ0n) is 15.1. The summed E-state index contributed by atoms with van der Waals surface area (Å²) in [6, 6.07) is 7.67. The number of carbonyl (C=O) groups is 2. The minimum Gasteiger partial charge on any atom is -0.448 e. The van der Waals surface area contributed by atoms with E-state index in [9.17, 15) is 19.7 Å². The summed E-state index contributed by atoms with van der Waals surface area (Å²) in [4.78, 5) is 36.8. The summed E-state index contributed by atoms with van der Waals surface area (Å²) in [6.07, 6.45) is 1.95. The Morgan fingerprint density at radius 1 is 1.37 bits per heavy atom. The van der Waals surface area contributed by atoms with Gasteiger partial charge in [-0.1, -0.05) is 19.1 Å². The van der Waals surface area contributed by atoms with E-state index in [1.807, 2.05) is 6.07 Å². The molecule has 1 aliphatic rings. The number of anilines is 1. The molecule has 3 rings (SSSR count). The van der Waals surface area contributed by atoms with Gasteiger partial charge in [0.2, 0.25) is 0 Å². The van der Waals surface area contributed by atoms with Crippen molar-refractivity contribution in [2.75, 3.05) is 5.32 Å². The SMILES string of the molecule is C[C@H]1CCc2sc(C(=O)O[C@@H](C)C(=O)Nc3ccccc3[N+](=O)[O-])cc2C1. The van der Waals surface area contributed by atoms with Gasteiger partial charge in [0.05, 0.1) is 4.92 Å². The van der Waals surface area contributed by atoms with Crippen LogP contribution in [0.15, 0.2) is 30.3 Å². The largest absolute Gasteiger partial charge is 0.448 e. The predicted octanol–water partition coefficient (Wildman–Crippen LogP) is 3.97. The lowest BCUT2D eigenvalue weighted by atomic mass is 9.90. The standard InChI is InChI=1S/C19H20N2O5S/c1-11-7-8-16-13(9-11)10-17(27-16)19(23)26-12(2)18(22)20-14-5-3-4-6-15(14)21(24)25/h3-6,10-12H,7-9H2,1-2H3,(H,20,22)/t11-,12-/m0/s1. The van der Waals surface area contributed by atoms with Gasteiger partial charge in [-0.15, -0.1) is 11.3 Å². The summed E-state index contributed by atoms with van der Waals surface area (Å²) in [5.74, 6) is -0.567. The Balaban J connectivity index is 1.65. The molecule has 0 radical (unpaired) electrons. The minimum absolute atomic E-state index is 0.0657. The molecule has 1 aliphatic carbocycles. The number of rotatable bonds is 5. The Morgan fingerprint density at radius 2 is 2.11 bits per heavy atom. The van der Waals surface area contributed by atoms with Crippen molar-refractivity contribution in [3.63, 3.8) is 0 Å². The van der Waals surface area contributed by atoms with Gasteiger partial charge in [0, 0.05) is 10.9 Å². The molecule has 1 N–H and O–H groups in total. The normalized spacial score (nSPS) is 16.9. The first-order valence-corrected chi connectivity index (χ1v) is 9.53. The number of para-hydroxylation sites is 2. The van der Waals surface area contributed by atoms with Gasteiger partial charge < -0.3 is 10.1 Å². The summed E-state index contributed by atoms with van der Waals surface area (Å²) >= 11 is 1.41. The number of aryl methyl sites for hydroxylation is 1. The molecule has 7 nitrogen and oxygen atoms in total. The number of hydrogen-bond donors (Lipinski definition) is 1. The van der Waals surface area contributed by atoms with E-state index in [0.717, 1.165) is 19.3 Å². The average Bonchev–Trinajstić information content (AvgIpc) is 3.05. The molecule has 0 aliphatic heterocycles. The molecule has 0 spiro atoms. The lowest BCUT2D eigenvalue weighted by Gasteiger charge is -2.16. The summed E-state index contributed by atoms with van der Waals surface area (Å²) < 4.78 is 5.26. The van der Waals surface area contributed by atoms with Gasteiger partial charge >= 0.3 is 5.97 Å². The van der Waals surface area contributed by atoms with Gasteiger partial charge in [-0.3, -0.25) is 14.9 Å². The number of ether oxygens (including phenoxy) is 1. The van der Waals surface area contributed by atoms with Crippen LogP contribution in [0.2, 0.25) is 0 Å². The topological polar surface area (TPSA) is 98.5 Å². The molecule has 1 aromatic carbocycles. The third kappa shape index (κ3) is 4.33. The molecule has 1 heterocycles. The Bertz CT molecular complexity index is 892. The van der Waals surface area contributed by atoms with Crippen LogP contribution >= 0.6 is 11.3 Å². The lowest BCUT2D eigenvalue weighted by Crippen LogP contribution is -2.30. The van der Waals surface area contributed by atoms with Crippen LogP contribution < -0.4 is 5.32 Å². The molecule has 1 amide bonds. The fraction of sp³-hybridized carbons (Fsp3) is 0.368. The van der Waals surface area contributed by atoms with Crippen LogP contribution in [0.1, 0.15) is 40.4 Å². The van der Waals surface area contributed by atoms with Crippen molar-refractivity contribution in [2.24, 2.45) is 5.92 Å². The Morgan fingerprint density at radius 3 is 2.85 bits per heavy atom. The molecule has 2 aromatic rings. The Labute approximate surface area is 160 Å². The zero-order valence-corrected chi connectivity index (χ0v) is 15.9. The molecule has 8 heteroatoms. The first-order valence-electron chi connectivity index (χ1n) is 8.72. The van der Waals surface area contributed by atoms with Crippen molar-refractivity contribution in [3.8, 4) is 0 Å². The van der Waals surface area contributed by atoms with Crippen molar-refractivity contribution >= 4 is 34.6 Å². The second kappa shape index (κ2) is 7.87. The highest BCUT2D eigenvalue weighted by atomic mass is 32.1. The molecule has 2 atom stereocenters. The van der Waals surface area contributed by atoms with Crippen molar-refractivity contribution in [1.29, 1.82) is 0 Å². The fourth-order valence-electron chi connectivity index (χ4n) is 3.05. The van der Waals surface area contributed by atoms with E-state index in [0.29, 0.717) is 10.8 Å². The quantitative estimate of drug-likeness (QED) is 0.475. The van der Waals surface area contributed by atoms with Crippen molar-refractivity contribution < 1.29 is 19.2 Å². The van der Waals surface area contributed by atoms with Crippen LogP contribution in [-0.4, -0.2) is 22.9 Å². The lowest BCUT2D eigenvalue weighted by molar-refractivity contribution is -0.383. The molecule has 1 aromatic heterocycles. The zero-order chi connectivity index (χ0) is 19.6. The molecule has 0 unspecified atom stereocenters. The average molecular weight is 388 g/mol. The monoisotopic (exact) mass is 388 g/mol. The van der Waals surface area contributed by atoms with Gasteiger partial charge in [0.25, 0.3) is 11.6 Å². The third-order valence-corrected chi connectivity index (χ3v) is 5.76. The maximum absolute atomic E-state index is 12.4. The molecule has 0 saturated heterocycles. The number of nitro benzene ring substituents is 1. The summed E-state index contributed by atoms with van der Waals surface area (Å²) in [6.45, 7) is 3.63. The maximum atomic E-state index is 12.4. The number of thiophene rings is 1. The number of fused-ring (bicyclic) bond motifs is 1. The number of carbonyl (C=O) groups excluding carboxylic acids is 2. The maximum Gasteiger partial charge on any atom is 0.349 e. The van der Waals surface area contributed by atoms with Gasteiger partial charge in [0.15, 0.2) is 6.10 Å². The smallest absolute Gasteiger partial charge is 0.349 e. The highest BCUT2D eigenvalue weighted by molar-refractivity contribution is 7.14. The fourth-order valence-corrected chi connectivity index (χ4v) is 4.14. The number of nitrogens with one attached hydrogen (secondary N) is 1. The van der Waals surface area contributed by atoms with E-state index in [2.05, 4.69) is 12.2 Å². The Hall–Kier alpha value is -2.74. The van der Waals surface area contributed by atoms with E-state index < -0.39 is 22.9 Å². The summed E-state index contributed by atoms with van der Waals surface area (Å²) in [5.41, 5.74) is 1.03. The van der Waals surface area contributed by atoms with Crippen LogP contribution in [0.4, 0.5) is 11.4 Å². The van der Waals surface area contributed by atoms with Gasteiger partial charge in [-0.05, 0) is 49.8 Å². The van der Waals surface area contributed by atoms with Gasteiger partial charge in [0.1, 0.15) is 10.6 Å². The molecule has 0 bridgehead atoms. The van der Waals surface area contributed by atoms with Gasteiger partial charge in [-0.2, -0.15) is 0 Å². The van der Waals surface area contributed by atoms with Crippen molar-refractivity contribution in [2.45, 2.75) is 39.2 Å². The number of amides is 1. The van der Waals surface area contributed by atoms with Crippen LogP contribution in [0, 0.1) is 16.0 Å². The molecule has 0 saturated carbocycles. The molecule has 0 fully saturated rings. The number of hydrogen-bond acceptors (Lipinski definition) is 6. The number of nitro groups is 1. The molecule has 27 heavy (non-hydrogen) atoms. The first-order chi connectivity index (χ1) is 12.8. The van der Waals surface area contributed by atoms with Crippen molar-refractivity contribution in [1.82, 2.24) is 0 Å². The summed E-state index contributed by atoms with van der Waals surface area (Å²) in [5, 5.41) is 13.5. The molecule has 142 valence electrons. The van der Waals surface area contributed by atoms with Crippen LogP contribution in [0.3, 0.4) is 0 Å². The molecular formula is C19H20N2O5S. The van der Waals surface area contributed by atoms with E-state index in [-0.39, 0.29) is 11.4 Å². The second-order valence-electron chi connectivity index (χ2n) is 6.72. The number of nitrogens with zero attached hydrogens (tertiary/aromatic N) is 1. The van der Waals surface area contributed by atoms with E-state index in [1.165, 1.54) is 46.9 Å². The van der Waals surface area contributed by atoms with E-state index in [1.54, 1.807) is 6.07 Å². The second-order valence-corrected chi connectivity index (χ2v) is 7.85.